The van der Waals surface area contributed by atoms with Gasteiger partial charge in [0.2, 0.25) is 0 Å². The highest BCUT2D eigenvalue weighted by atomic mass is 35.5. The van der Waals surface area contributed by atoms with Crippen LogP contribution in [0.15, 0.2) is 57.9 Å². The summed E-state index contributed by atoms with van der Waals surface area (Å²) in [5.74, 6) is 0.376. The Balaban J connectivity index is 2.19. The van der Waals surface area contributed by atoms with Gasteiger partial charge >= 0.3 is 6.18 Å². The van der Waals surface area contributed by atoms with Crippen LogP contribution >= 0.6 is 11.6 Å². The molecule has 154 valence electrons. The lowest BCUT2D eigenvalue weighted by molar-refractivity contribution is -0.137. The van der Waals surface area contributed by atoms with Crippen LogP contribution in [0, 0.1) is 13.8 Å². The minimum atomic E-state index is -4.74. The molecule has 0 spiro atoms. The van der Waals surface area contributed by atoms with Gasteiger partial charge in [-0.2, -0.15) is 13.2 Å². The SMILES string of the molecule is Cc1noc(C)c1CN(c1ccc(Cl)c(C(F)(F)F)c1)S(=O)(=O)c1ccccc1. The molecule has 0 fully saturated rings. The van der Waals surface area contributed by atoms with E-state index in [0.717, 1.165) is 16.4 Å². The van der Waals surface area contributed by atoms with Crippen molar-refractivity contribution >= 4 is 27.3 Å². The molecule has 2 aromatic carbocycles. The van der Waals surface area contributed by atoms with Crippen LogP contribution in [0.3, 0.4) is 0 Å². The summed E-state index contributed by atoms with van der Waals surface area (Å²) >= 11 is 5.70. The lowest BCUT2D eigenvalue weighted by atomic mass is 10.1. The van der Waals surface area contributed by atoms with Gasteiger partial charge in [-0.15, -0.1) is 0 Å². The summed E-state index contributed by atoms with van der Waals surface area (Å²) in [6.07, 6.45) is -4.74. The van der Waals surface area contributed by atoms with E-state index >= 15 is 0 Å². The molecule has 0 unspecified atom stereocenters. The molecule has 0 saturated heterocycles. The third-order valence-electron chi connectivity index (χ3n) is 4.36. The molecular formula is C19H16ClF3N2O3S. The van der Waals surface area contributed by atoms with Crippen LogP contribution in [-0.2, 0) is 22.7 Å². The maximum absolute atomic E-state index is 13.3. The number of aromatic nitrogens is 1. The highest BCUT2D eigenvalue weighted by molar-refractivity contribution is 7.92. The predicted octanol–water partition coefficient (Wildman–Crippen LogP) is 5.36. The Morgan fingerprint density at radius 2 is 1.76 bits per heavy atom. The second-order valence-electron chi connectivity index (χ2n) is 6.29. The first-order valence-electron chi connectivity index (χ1n) is 8.38. The Kier molecular flexibility index (Phi) is 5.64. The van der Waals surface area contributed by atoms with Gasteiger partial charge in [0, 0.05) is 5.56 Å². The van der Waals surface area contributed by atoms with E-state index in [4.69, 9.17) is 16.1 Å². The van der Waals surface area contributed by atoms with E-state index in [0.29, 0.717) is 17.0 Å². The Morgan fingerprint density at radius 3 is 2.31 bits per heavy atom. The quantitative estimate of drug-likeness (QED) is 0.531. The van der Waals surface area contributed by atoms with Crippen molar-refractivity contribution in [2.75, 3.05) is 4.31 Å². The van der Waals surface area contributed by atoms with Gasteiger partial charge in [-0.1, -0.05) is 35.0 Å². The van der Waals surface area contributed by atoms with Gasteiger partial charge in [0.15, 0.2) is 0 Å². The van der Waals surface area contributed by atoms with Crippen molar-refractivity contribution in [3.8, 4) is 0 Å². The zero-order valence-electron chi connectivity index (χ0n) is 15.4. The fourth-order valence-electron chi connectivity index (χ4n) is 2.79. The van der Waals surface area contributed by atoms with Crippen molar-refractivity contribution in [3.63, 3.8) is 0 Å². The zero-order chi connectivity index (χ0) is 21.4. The van der Waals surface area contributed by atoms with Gasteiger partial charge in [-0.25, -0.2) is 8.42 Å². The minimum absolute atomic E-state index is 0.0599. The molecule has 5 nitrogen and oxygen atoms in total. The predicted molar refractivity (Wildman–Crippen MR) is 102 cm³/mol. The summed E-state index contributed by atoms with van der Waals surface area (Å²) in [4.78, 5) is -0.0599. The maximum Gasteiger partial charge on any atom is 0.417 e. The molecule has 3 aromatic rings. The summed E-state index contributed by atoms with van der Waals surface area (Å²) < 4.78 is 72.6. The third kappa shape index (κ3) is 4.25. The van der Waals surface area contributed by atoms with E-state index in [9.17, 15) is 21.6 Å². The van der Waals surface area contributed by atoms with E-state index < -0.39 is 26.8 Å². The number of benzene rings is 2. The van der Waals surface area contributed by atoms with Crippen molar-refractivity contribution in [2.24, 2.45) is 0 Å². The van der Waals surface area contributed by atoms with Crippen molar-refractivity contribution < 1.29 is 26.1 Å². The third-order valence-corrected chi connectivity index (χ3v) is 6.48. The lowest BCUT2D eigenvalue weighted by Gasteiger charge is -2.25. The molecule has 0 amide bonds. The molecule has 0 aliphatic rings. The summed E-state index contributed by atoms with van der Waals surface area (Å²) in [6, 6.07) is 10.4. The Bertz CT molecular complexity index is 1110. The first kappa shape index (κ1) is 21.2. The van der Waals surface area contributed by atoms with Crippen LogP contribution in [0.25, 0.3) is 0 Å². The molecule has 3 rings (SSSR count). The first-order chi connectivity index (χ1) is 13.5. The van der Waals surface area contributed by atoms with Crippen LogP contribution in [0.2, 0.25) is 5.02 Å². The molecule has 10 heteroatoms. The Hall–Kier alpha value is -2.52. The number of halogens is 4. The molecule has 0 aliphatic heterocycles. The highest BCUT2D eigenvalue weighted by Crippen LogP contribution is 2.38. The molecular weight excluding hydrogens is 429 g/mol. The number of sulfonamides is 1. The lowest BCUT2D eigenvalue weighted by Crippen LogP contribution is -2.31. The second kappa shape index (κ2) is 7.72. The van der Waals surface area contributed by atoms with Crippen molar-refractivity contribution in [2.45, 2.75) is 31.5 Å². The fraction of sp³-hybridized carbons (Fsp3) is 0.211. The van der Waals surface area contributed by atoms with E-state index in [2.05, 4.69) is 5.16 Å². The smallest absolute Gasteiger partial charge is 0.361 e. The number of nitrogens with zero attached hydrogens (tertiary/aromatic N) is 2. The standard InChI is InChI=1S/C19H16ClF3N2O3S/c1-12-16(13(2)28-24-12)11-25(29(26,27)15-6-4-3-5-7-15)14-8-9-18(20)17(10-14)19(21,22)23/h3-10H,11H2,1-2H3. The number of aryl methyl sites for hydroxylation is 2. The molecule has 1 heterocycles. The van der Waals surface area contributed by atoms with Crippen LogP contribution in [-0.4, -0.2) is 13.6 Å². The molecule has 0 saturated carbocycles. The van der Waals surface area contributed by atoms with Gasteiger partial charge < -0.3 is 4.52 Å². The summed E-state index contributed by atoms with van der Waals surface area (Å²) in [5, 5.41) is 3.27. The number of alkyl halides is 3. The van der Waals surface area contributed by atoms with Gasteiger partial charge in [-0.05, 0) is 44.2 Å². The minimum Gasteiger partial charge on any atom is -0.361 e. The van der Waals surface area contributed by atoms with Crippen molar-refractivity contribution in [3.05, 3.63) is 76.1 Å². The molecule has 29 heavy (non-hydrogen) atoms. The Morgan fingerprint density at radius 1 is 1.10 bits per heavy atom. The highest BCUT2D eigenvalue weighted by Gasteiger charge is 2.35. The Labute approximate surface area is 170 Å². The second-order valence-corrected chi connectivity index (χ2v) is 8.56. The van der Waals surface area contributed by atoms with Crippen LogP contribution in [0.5, 0.6) is 0 Å². The molecule has 0 radical (unpaired) electrons. The van der Waals surface area contributed by atoms with Crippen LogP contribution in [0.4, 0.5) is 18.9 Å². The van der Waals surface area contributed by atoms with E-state index in [-0.39, 0.29) is 17.1 Å². The summed E-state index contributed by atoms with van der Waals surface area (Å²) in [5.41, 5.74) is -0.386. The zero-order valence-corrected chi connectivity index (χ0v) is 16.9. The fourth-order valence-corrected chi connectivity index (χ4v) is 4.46. The summed E-state index contributed by atoms with van der Waals surface area (Å²) in [6.45, 7) is 2.98. The number of hydrogen-bond donors (Lipinski definition) is 0. The summed E-state index contributed by atoms with van der Waals surface area (Å²) in [7, 11) is -4.19. The van der Waals surface area contributed by atoms with Crippen molar-refractivity contribution in [1.29, 1.82) is 0 Å². The van der Waals surface area contributed by atoms with E-state index in [1.54, 1.807) is 19.9 Å². The average Bonchev–Trinajstić information content (AvgIpc) is 2.98. The van der Waals surface area contributed by atoms with Crippen LogP contribution < -0.4 is 4.31 Å². The number of anilines is 1. The normalized spacial score (nSPS) is 12.2. The topological polar surface area (TPSA) is 63.4 Å². The number of hydrogen-bond acceptors (Lipinski definition) is 4. The first-order valence-corrected chi connectivity index (χ1v) is 10.2. The molecule has 0 aliphatic carbocycles. The van der Waals surface area contributed by atoms with Crippen molar-refractivity contribution in [1.82, 2.24) is 5.16 Å². The van der Waals surface area contributed by atoms with Gasteiger partial charge in [0.25, 0.3) is 10.0 Å². The largest absolute Gasteiger partial charge is 0.417 e. The molecule has 1 aromatic heterocycles. The molecule has 0 atom stereocenters. The maximum atomic E-state index is 13.3. The van der Waals surface area contributed by atoms with E-state index in [1.165, 1.54) is 30.3 Å². The van der Waals surface area contributed by atoms with Gasteiger partial charge in [-0.3, -0.25) is 4.31 Å². The van der Waals surface area contributed by atoms with Crippen LogP contribution in [0.1, 0.15) is 22.6 Å². The molecule has 0 bridgehead atoms. The number of rotatable bonds is 5. The van der Waals surface area contributed by atoms with E-state index in [1.807, 2.05) is 0 Å². The average molecular weight is 445 g/mol. The van der Waals surface area contributed by atoms with Gasteiger partial charge in [0.1, 0.15) is 5.76 Å². The monoisotopic (exact) mass is 444 g/mol. The van der Waals surface area contributed by atoms with Gasteiger partial charge in [0.05, 0.1) is 33.4 Å². The molecule has 0 N–H and O–H groups in total.